The Morgan fingerprint density at radius 3 is 1.93 bits per heavy atom. The number of carbonyl (C=O) groups is 3. The second kappa shape index (κ2) is 9.11. The SMILES string of the molecule is CCC(C)C(C(=O)Nc1ccc(N(CC)CC)cc1)N1C(=O)c2ccccc2C1=O. The highest BCUT2D eigenvalue weighted by Crippen LogP contribution is 2.29. The third-order valence-corrected chi connectivity index (χ3v) is 5.82. The predicted molar refractivity (Wildman–Crippen MR) is 119 cm³/mol. The minimum Gasteiger partial charge on any atom is -0.372 e. The summed E-state index contributed by atoms with van der Waals surface area (Å²) in [7, 11) is 0. The van der Waals surface area contributed by atoms with E-state index in [1.54, 1.807) is 24.3 Å². The van der Waals surface area contributed by atoms with Gasteiger partial charge in [0.25, 0.3) is 11.8 Å². The van der Waals surface area contributed by atoms with Gasteiger partial charge in [-0.15, -0.1) is 0 Å². The molecule has 2 atom stereocenters. The first-order valence-corrected chi connectivity index (χ1v) is 10.6. The van der Waals surface area contributed by atoms with E-state index in [2.05, 4.69) is 24.1 Å². The van der Waals surface area contributed by atoms with Crippen LogP contribution >= 0.6 is 0 Å². The lowest BCUT2D eigenvalue weighted by molar-refractivity contribution is -0.121. The second-order valence-corrected chi connectivity index (χ2v) is 7.56. The number of anilines is 2. The number of nitrogens with zero attached hydrogens (tertiary/aromatic N) is 2. The Morgan fingerprint density at radius 1 is 0.933 bits per heavy atom. The molecule has 0 saturated heterocycles. The molecule has 158 valence electrons. The fourth-order valence-corrected chi connectivity index (χ4v) is 3.87. The van der Waals surface area contributed by atoms with E-state index in [9.17, 15) is 14.4 Å². The van der Waals surface area contributed by atoms with E-state index in [0.717, 1.165) is 23.7 Å². The molecular formula is C24H29N3O3. The van der Waals surface area contributed by atoms with E-state index in [-0.39, 0.29) is 11.8 Å². The molecule has 6 nitrogen and oxygen atoms in total. The lowest BCUT2D eigenvalue weighted by Crippen LogP contribution is -2.50. The smallest absolute Gasteiger partial charge is 0.262 e. The average Bonchev–Trinajstić information content (AvgIpc) is 3.01. The van der Waals surface area contributed by atoms with Gasteiger partial charge in [-0.3, -0.25) is 19.3 Å². The molecule has 1 aliphatic rings. The highest BCUT2D eigenvalue weighted by Gasteiger charge is 2.44. The first kappa shape index (κ1) is 21.6. The topological polar surface area (TPSA) is 69.7 Å². The molecule has 0 aliphatic carbocycles. The summed E-state index contributed by atoms with van der Waals surface area (Å²) >= 11 is 0. The Hall–Kier alpha value is -3.15. The van der Waals surface area contributed by atoms with Crippen LogP contribution in [0.2, 0.25) is 0 Å². The quantitative estimate of drug-likeness (QED) is 0.667. The van der Waals surface area contributed by atoms with Gasteiger partial charge in [0.05, 0.1) is 11.1 Å². The molecule has 2 aromatic rings. The van der Waals surface area contributed by atoms with Crippen LogP contribution in [0.1, 0.15) is 54.8 Å². The Kier molecular flexibility index (Phi) is 6.55. The van der Waals surface area contributed by atoms with Crippen molar-refractivity contribution in [3.05, 3.63) is 59.7 Å². The largest absolute Gasteiger partial charge is 0.372 e. The van der Waals surface area contributed by atoms with Crippen molar-refractivity contribution in [1.29, 1.82) is 0 Å². The molecule has 1 N–H and O–H groups in total. The minimum atomic E-state index is -0.871. The Morgan fingerprint density at radius 2 is 1.47 bits per heavy atom. The zero-order chi connectivity index (χ0) is 21.8. The molecule has 1 heterocycles. The minimum absolute atomic E-state index is 0.179. The number of carbonyl (C=O) groups excluding carboxylic acids is 3. The number of hydrogen-bond donors (Lipinski definition) is 1. The molecule has 3 rings (SSSR count). The van der Waals surface area contributed by atoms with Crippen molar-refractivity contribution in [2.24, 2.45) is 5.92 Å². The predicted octanol–water partition coefficient (Wildman–Crippen LogP) is 4.18. The second-order valence-electron chi connectivity index (χ2n) is 7.56. The van der Waals surface area contributed by atoms with Gasteiger partial charge in [0.1, 0.15) is 6.04 Å². The van der Waals surface area contributed by atoms with Gasteiger partial charge in [0, 0.05) is 24.5 Å². The molecule has 0 bridgehead atoms. The number of amides is 3. The van der Waals surface area contributed by atoms with Crippen molar-refractivity contribution in [2.75, 3.05) is 23.3 Å². The van der Waals surface area contributed by atoms with E-state index in [4.69, 9.17) is 0 Å². The summed E-state index contributed by atoms with van der Waals surface area (Å²) in [4.78, 5) is 42.4. The van der Waals surface area contributed by atoms with Crippen molar-refractivity contribution >= 4 is 29.1 Å². The van der Waals surface area contributed by atoms with Crippen LogP contribution in [0.4, 0.5) is 11.4 Å². The summed E-state index contributed by atoms with van der Waals surface area (Å²) in [5, 5.41) is 2.90. The van der Waals surface area contributed by atoms with Crippen LogP contribution in [0.15, 0.2) is 48.5 Å². The maximum Gasteiger partial charge on any atom is 0.262 e. The van der Waals surface area contributed by atoms with Gasteiger partial charge in [-0.2, -0.15) is 0 Å². The molecule has 2 unspecified atom stereocenters. The van der Waals surface area contributed by atoms with Crippen molar-refractivity contribution in [2.45, 2.75) is 40.2 Å². The zero-order valence-electron chi connectivity index (χ0n) is 18.0. The molecule has 0 fully saturated rings. The van der Waals surface area contributed by atoms with Crippen LogP contribution < -0.4 is 10.2 Å². The molecular weight excluding hydrogens is 378 g/mol. The fraction of sp³-hybridized carbons (Fsp3) is 0.375. The van der Waals surface area contributed by atoms with Gasteiger partial charge in [-0.1, -0.05) is 32.4 Å². The molecule has 1 aliphatic heterocycles. The van der Waals surface area contributed by atoms with Gasteiger partial charge < -0.3 is 10.2 Å². The molecule has 30 heavy (non-hydrogen) atoms. The van der Waals surface area contributed by atoms with Gasteiger partial charge >= 0.3 is 0 Å². The van der Waals surface area contributed by atoms with Crippen LogP contribution in [-0.4, -0.2) is 41.8 Å². The van der Waals surface area contributed by atoms with Crippen LogP contribution in [0.25, 0.3) is 0 Å². The summed E-state index contributed by atoms with van der Waals surface area (Å²) in [5.41, 5.74) is 2.43. The van der Waals surface area contributed by atoms with Gasteiger partial charge in [-0.25, -0.2) is 0 Å². The molecule has 0 aromatic heterocycles. The van der Waals surface area contributed by atoms with Crippen LogP contribution in [-0.2, 0) is 4.79 Å². The van der Waals surface area contributed by atoms with E-state index in [1.807, 2.05) is 38.1 Å². The summed E-state index contributed by atoms with van der Waals surface area (Å²) < 4.78 is 0. The van der Waals surface area contributed by atoms with Crippen molar-refractivity contribution in [3.8, 4) is 0 Å². The zero-order valence-corrected chi connectivity index (χ0v) is 18.0. The van der Waals surface area contributed by atoms with E-state index >= 15 is 0 Å². The van der Waals surface area contributed by atoms with Crippen molar-refractivity contribution < 1.29 is 14.4 Å². The van der Waals surface area contributed by atoms with Gasteiger partial charge in [0.2, 0.25) is 5.91 Å². The lowest BCUT2D eigenvalue weighted by atomic mass is 9.96. The molecule has 3 amide bonds. The summed E-state index contributed by atoms with van der Waals surface area (Å²) in [6.45, 7) is 9.82. The number of imide groups is 1. The maximum atomic E-state index is 13.2. The molecule has 0 spiro atoms. The van der Waals surface area contributed by atoms with E-state index in [0.29, 0.717) is 23.2 Å². The number of nitrogens with one attached hydrogen (secondary N) is 1. The highest BCUT2D eigenvalue weighted by molar-refractivity contribution is 6.23. The average molecular weight is 408 g/mol. The van der Waals surface area contributed by atoms with Crippen LogP contribution in [0.5, 0.6) is 0 Å². The summed E-state index contributed by atoms with van der Waals surface area (Å²) in [6, 6.07) is 13.5. The first-order valence-electron chi connectivity index (χ1n) is 10.6. The van der Waals surface area contributed by atoms with Gasteiger partial charge in [0.15, 0.2) is 0 Å². The standard InChI is InChI=1S/C24H29N3O3/c1-5-16(4)21(27-23(29)19-10-8-9-11-20(19)24(27)30)22(28)25-17-12-14-18(15-13-17)26(6-2)7-3/h8-16,21H,5-7H2,1-4H3,(H,25,28). The van der Waals surface area contributed by atoms with Crippen LogP contribution in [0, 0.1) is 5.92 Å². The molecule has 2 aromatic carbocycles. The molecule has 6 heteroatoms. The number of rotatable bonds is 8. The summed E-state index contributed by atoms with van der Waals surface area (Å²) in [5.74, 6) is -1.35. The van der Waals surface area contributed by atoms with Gasteiger partial charge in [-0.05, 0) is 56.2 Å². The molecule has 0 radical (unpaired) electrons. The Balaban J connectivity index is 1.84. The van der Waals surface area contributed by atoms with Crippen LogP contribution in [0.3, 0.4) is 0 Å². The van der Waals surface area contributed by atoms with Crippen molar-refractivity contribution in [3.63, 3.8) is 0 Å². The summed E-state index contributed by atoms with van der Waals surface area (Å²) in [6.07, 6.45) is 0.659. The third kappa shape index (κ3) is 3.95. The van der Waals surface area contributed by atoms with Crippen molar-refractivity contribution in [1.82, 2.24) is 4.90 Å². The normalized spacial score (nSPS) is 15.0. The molecule has 0 saturated carbocycles. The number of hydrogen-bond acceptors (Lipinski definition) is 4. The Bertz CT molecular complexity index is 900. The maximum absolute atomic E-state index is 13.2. The Labute approximate surface area is 177 Å². The van der Waals surface area contributed by atoms with E-state index in [1.165, 1.54) is 0 Å². The fourth-order valence-electron chi connectivity index (χ4n) is 3.87. The van der Waals surface area contributed by atoms with E-state index < -0.39 is 17.9 Å². The first-order chi connectivity index (χ1) is 14.4. The third-order valence-electron chi connectivity index (χ3n) is 5.82. The number of fused-ring (bicyclic) bond motifs is 1. The lowest BCUT2D eigenvalue weighted by Gasteiger charge is -2.29. The monoisotopic (exact) mass is 407 g/mol. The number of benzene rings is 2. The highest BCUT2D eigenvalue weighted by atomic mass is 16.2.